The normalized spacial score (nSPS) is 15.8. The molecule has 0 unspecified atom stereocenters. The predicted molar refractivity (Wildman–Crippen MR) is 123 cm³/mol. The summed E-state index contributed by atoms with van der Waals surface area (Å²) in [6.45, 7) is -2.83. The highest BCUT2D eigenvalue weighted by Gasteiger charge is 2.43. The minimum Gasteiger partial charge on any atom is -0.435 e. The maximum Gasteiger partial charge on any atom is 0.586 e. The first-order valence-corrected chi connectivity index (χ1v) is 10.8. The maximum atomic E-state index is 13.3. The number of amides is 2. The molecule has 3 aromatic carbocycles. The SMILES string of the molecule is O=C(Nc1ccc2c(c1)OC(F)(F)O2)N1CC(c2ccc(Cl)cc2)=C(c2ccc(OC(F)F)cc2)N1. The molecule has 0 saturated carbocycles. The van der Waals surface area contributed by atoms with Crippen LogP contribution in [0.5, 0.6) is 17.2 Å². The number of benzene rings is 3. The van der Waals surface area contributed by atoms with Crippen LogP contribution in [0.1, 0.15) is 11.1 Å². The molecular formula is C24H16ClF4N3O4. The summed E-state index contributed by atoms with van der Waals surface area (Å²) < 4.78 is 64.8. The Morgan fingerprint density at radius 1 is 1.00 bits per heavy atom. The number of carbonyl (C=O) groups is 1. The number of hydrazine groups is 1. The van der Waals surface area contributed by atoms with Crippen LogP contribution >= 0.6 is 11.6 Å². The van der Waals surface area contributed by atoms with Crippen molar-refractivity contribution in [3.05, 3.63) is 82.9 Å². The van der Waals surface area contributed by atoms with E-state index in [4.69, 9.17) is 11.6 Å². The number of ether oxygens (including phenoxy) is 3. The van der Waals surface area contributed by atoms with Gasteiger partial charge < -0.3 is 19.5 Å². The van der Waals surface area contributed by atoms with E-state index < -0.39 is 18.9 Å². The fourth-order valence-electron chi connectivity index (χ4n) is 3.75. The summed E-state index contributed by atoms with van der Waals surface area (Å²) in [4.78, 5) is 13.0. The molecule has 2 amide bonds. The molecule has 12 heteroatoms. The first-order chi connectivity index (χ1) is 17.2. The lowest BCUT2D eigenvalue weighted by molar-refractivity contribution is -0.286. The fourth-order valence-corrected chi connectivity index (χ4v) is 3.87. The number of nitrogens with one attached hydrogen (secondary N) is 2. The van der Waals surface area contributed by atoms with Crippen LogP contribution in [0.15, 0.2) is 66.7 Å². The van der Waals surface area contributed by atoms with E-state index in [9.17, 15) is 22.4 Å². The van der Waals surface area contributed by atoms with Gasteiger partial charge in [0.1, 0.15) is 5.75 Å². The van der Waals surface area contributed by atoms with Gasteiger partial charge in [-0.1, -0.05) is 23.7 Å². The molecule has 0 spiro atoms. The minimum atomic E-state index is -3.77. The van der Waals surface area contributed by atoms with Crippen molar-refractivity contribution in [3.8, 4) is 17.2 Å². The smallest absolute Gasteiger partial charge is 0.435 e. The van der Waals surface area contributed by atoms with E-state index in [1.165, 1.54) is 35.3 Å². The maximum absolute atomic E-state index is 13.3. The summed E-state index contributed by atoms with van der Waals surface area (Å²) >= 11 is 6.01. The largest absolute Gasteiger partial charge is 0.586 e. The monoisotopic (exact) mass is 521 g/mol. The third-order valence-corrected chi connectivity index (χ3v) is 5.58. The summed E-state index contributed by atoms with van der Waals surface area (Å²) in [7, 11) is 0. The van der Waals surface area contributed by atoms with Gasteiger partial charge in [-0.05, 0) is 54.1 Å². The molecule has 5 rings (SSSR count). The van der Waals surface area contributed by atoms with Crippen LogP contribution in [0.3, 0.4) is 0 Å². The van der Waals surface area contributed by atoms with Crippen LogP contribution in [0, 0.1) is 0 Å². The molecular weight excluding hydrogens is 506 g/mol. The molecule has 2 N–H and O–H groups in total. The van der Waals surface area contributed by atoms with Crippen LogP contribution in [0.25, 0.3) is 11.3 Å². The lowest BCUT2D eigenvalue weighted by Gasteiger charge is -2.19. The minimum absolute atomic E-state index is 0.0108. The summed E-state index contributed by atoms with van der Waals surface area (Å²) in [6, 6.07) is 16.2. The Morgan fingerprint density at radius 2 is 1.67 bits per heavy atom. The van der Waals surface area contributed by atoms with Crippen molar-refractivity contribution in [3.63, 3.8) is 0 Å². The van der Waals surface area contributed by atoms with Crippen molar-refractivity contribution in [2.24, 2.45) is 0 Å². The van der Waals surface area contributed by atoms with E-state index in [1.54, 1.807) is 36.4 Å². The average molecular weight is 522 g/mol. The highest BCUT2D eigenvalue weighted by Crippen LogP contribution is 2.42. The summed E-state index contributed by atoms with van der Waals surface area (Å²) in [6.07, 6.45) is -3.77. The number of hydrogen-bond acceptors (Lipinski definition) is 5. The van der Waals surface area contributed by atoms with E-state index in [2.05, 4.69) is 25.0 Å². The first kappa shape index (κ1) is 23.6. The number of alkyl halides is 4. The van der Waals surface area contributed by atoms with E-state index in [0.29, 0.717) is 16.3 Å². The third-order valence-electron chi connectivity index (χ3n) is 5.32. The van der Waals surface area contributed by atoms with Crippen LogP contribution in [-0.4, -0.2) is 30.5 Å². The molecule has 0 aromatic heterocycles. The molecule has 2 aliphatic rings. The van der Waals surface area contributed by atoms with Gasteiger partial charge in [-0.2, -0.15) is 8.78 Å². The molecule has 0 saturated heterocycles. The second-order valence-electron chi connectivity index (χ2n) is 7.72. The Bertz CT molecular complexity index is 1330. The van der Waals surface area contributed by atoms with Gasteiger partial charge in [0.2, 0.25) is 0 Å². The van der Waals surface area contributed by atoms with Gasteiger partial charge in [-0.15, -0.1) is 8.78 Å². The number of anilines is 1. The number of fused-ring (bicyclic) bond motifs is 1. The highest BCUT2D eigenvalue weighted by atomic mass is 35.5. The Balaban J connectivity index is 1.38. The zero-order chi connectivity index (χ0) is 25.4. The Labute approximate surface area is 206 Å². The van der Waals surface area contributed by atoms with Crippen LogP contribution < -0.4 is 25.0 Å². The zero-order valence-electron chi connectivity index (χ0n) is 18.1. The molecule has 0 radical (unpaired) electrons. The summed E-state index contributed by atoms with van der Waals surface area (Å²) in [5, 5.41) is 4.43. The van der Waals surface area contributed by atoms with Crippen molar-refractivity contribution in [2.75, 3.05) is 11.9 Å². The second kappa shape index (κ2) is 9.15. The molecule has 3 aromatic rings. The summed E-state index contributed by atoms with van der Waals surface area (Å²) in [5.74, 6) is -0.368. The van der Waals surface area contributed by atoms with Crippen LogP contribution in [0.4, 0.5) is 28.0 Å². The van der Waals surface area contributed by atoms with Gasteiger partial charge in [0.25, 0.3) is 0 Å². The number of halogens is 5. The van der Waals surface area contributed by atoms with Gasteiger partial charge in [-0.25, -0.2) is 9.80 Å². The Kier molecular flexibility index (Phi) is 6.00. The molecule has 2 heterocycles. The summed E-state index contributed by atoms with van der Waals surface area (Å²) in [5.41, 5.74) is 5.90. The van der Waals surface area contributed by atoms with Crippen molar-refractivity contribution in [1.29, 1.82) is 0 Å². The molecule has 7 nitrogen and oxygen atoms in total. The highest BCUT2D eigenvalue weighted by molar-refractivity contribution is 6.30. The topological polar surface area (TPSA) is 72.1 Å². The molecule has 0 atom stereocenters. The quantitative estimate of drug-likeness (QED) is 0.392. The van der Waals surface area contributed by atoms with E-state index in [-0.39, 0.29) is 29.5 Å². The van der Waals surface area contributed by atoms with Gasteiger partial charge >= 0.3 is 18.9 Å². The zero-order valence-corrected chi connectivity index (χ0v) is 18.9. The van der Waals surface area contributed by atoms with Crippen molar-refractivity contribution < 1.29 is 36.6 Å². The number of rotatable bonds is 5. The number of nitrogens with zero attached hydrogens (tertiary/aromatic N) is 1. The first-order valence-electron chi connectivity index (χ1n) is 10.5. The van der Waals surface area contributed by atoms with E-state index in [0.717, 1.165) is 11.1 Å². The fraction of sp³-hybridized carbons (Fsp3) is 0.125. The Hall–Kier alpha value is -4.12. The van der Waals surface area contributed by atoms with Crippen molar-refractivity contribution >= 4 is 34.6 Å². The lowest BCUT2D eigenvalue weighted by Crippen LogP contribution is -2.40. The molecule has 0 aliphatic carbocycles. The van der Waals surface area contributed by atoms with Crippen LogP contribution in [0.2, 0.25) is 5.02 Å². The van der Waals surface area contributed by atoms with Gasteiger partial charge in [0.15, 0.2) is 11.5 Å². The van der Waals surface area contributed by atoms with Crippen LogP contribution in [-0.2, 0) is 0 Å². The number of carbonyl (C=O) groups excluding carboxylic acids is 1. The lowest BCUT2D eigenvalue weighted by atomic mass is 10.0. The molecule has 2 aliphatic heterocycles. The number of urea groups is 1. The molecule has 0 fully saturated rings. The molecule has 36 heavy (non-hydrogen) atoms. The number of hydrogen-bond donors (Lipinski definition) is 2. The van der Waals surface area contributed by atoms with Gasteiger partial charge in [0.05, 0.1) is 12.2 Å². The predicted octanol–water partition coefficient (Wildman–Crippen LogP) is 6.18. The molecule has 186 valence electrons. The third kappa shape index (κ3) is 4.96. The second-order valence-corrected chi connectivity index (χ2v) is 8.16. The van der Waals surface area contributed by atoms with Crippen molar-refractivity contribution in [1.82, 2.24) is 10.4 Å². The van der Waals surface area contributed by atoms with E-state index in [1.807, 2.05) is 0 Å². The van der Waals surface area contributed by atoms with Crippen molar-refractivity contribution in [2.45, 2.75) is 12.9 Å². The molecule has 0 bridgehead atoms. The van der Waals surface area contributed by atoms with Gasteiger partial charge in [0, 0.05) is 27.9 Å². The van der Waals surface area contributed by atoms with Gasteiger partial charge in [-0.3, -0.25) is 5.43 Å². The van der Waals surface area contributed by atoms with E-state index >= 15 is 0 Å². The standard InChI is InChI=1S/C24H16ClF4N3O4/c25-15-5-1-13(2-6-15)18-12-32(31-21(18)14-3-8-17(9-4-14)34-22(26)27)23(33)30-16-7-10-19-20(11-16)36-24(28,29)35-19/h1-11,22,31H,12H2,(H,30,33). The average Bonchev–Trinajstić information content (AvgIpc) is 3.39. The Morgan fingerprint density at radius 3 is 2.36 bits per heavy atom.